The summed E-state index contributed by atoms with van der Waals surface area (Å²) in [5, 5.41) is 7.70. The SMILES string of the molecule is CC(=O)Nc1ncc([C@H]2CCCN2Cc2ccc(-c3cnn(C)c3)cc2)s1. The van der Waals surface area contributed by atoms with Crippen LogP contribution in [0, 0.1) is 0 Å². The first-order chi connectivity index (χ1) is 13.1. The molecule has 0 unspecified atom stereocenters. The van der Waals surface area contributed by atoms with Crippen LogP contribution in [0.25, 0.3) is 11.1 Å². The van der Waals surface area contributed by atoms with Gasteiger partial charge in [-0.3, -0.25) is 14.4 Å². The van der Waals surface area contributed by atoms with Gasteiger partial charge in [0.05, 0.1) is 6.20 Å². The number of hydrogen-bond acceptors (Lipinski definition) is 5. The van der Waals surface area contributed by atoms with E-state index in [2.05, 4.69) is 44.6 Å². The molecule has 0 spiro atoms. The van der Waals surface area contributed by atoms with E-state index in [0.717, 1.165) is 25.1 Å². The molecule has 0 saturated carbocycles. The summed E-state index contributed by atoms with van der Waals surface area (Å²) in [4.78, 5) is 19.3. The molecular formula is C20H23N5OS. The molecule has 1 aliphatic rings. The van der Waals surface area contributed by atoms with Gasteiger partial charge >= 0.3 is 0 Å². The fourth-order valence-electron chi connectivity index (χ4n) is 3.59. The van der Waals surface area contributed by atoms with Crippen molar-refractivity contribution in [1.29, 1.82) is 0 Å². The lowest BCUT2D eigenvalue weighted by molar-refractivity contribution is -0.114. The van der Waals surface area contributed by atoms with Crippen LogP contribution < -0.4 is 5.32 Å². The normalized spacial score (nSPS) is 17.3. The number of nitrogens with one attached hydrogen (secondary N) is 1. The number of anilines is 1. The number of amides is 1. The van der Waals surface area contributed by atoms with Crippen LogP contribution in [0.1, 0.15) is 36.2 Å². The second-order valence-electron chi connectivity index (χ2n) is 6.98. The van der Waals surface area contributed by atoms with Gasteiger partial charge in [-0.25, -0.2) is 4.98 Å². The zero-order valence-corrected chi connectivity index (χ0v) is 16.4. The van der Waals surface area contributed by atoms with Gasteiger partial charge in [0, 0.05) is 49.4 Å². The Morgan fingerprint density at radius 1 is 1.26 bits per heavy atom. The Morgan fingerprint density at radius 3 is 2.78 bits per heavy atom. The third-order valence-corrected chi connectivity index (χ3v) is 5.89. The van der Waals surface area contributed by atoms with Crippen molar-refractivity contribution in [1.82, 2.24) is 19.7 Å². The van der Waals surface area contributed by atoms with Gasteiger partial charge in [0.2, 0.25) is 5.91 Å². The van der Waals surface area contributed by atoms with E-state index in [9.17, 15) is 4.79 Å². The Labute approximate surface area is 162 Å². The molecule has 1 amide bonds. The number of likely N-dealkylation sites (tertiary alicyclic amines) is 1. The topological polar surface area (TPSA) is 63.1 Å². The number of carbonyl (C=O) groups is 1. The van der Waals surface area contributed by atoms with Crippen LogP contribution in [0.4, 0.5) is 5.13 Å². The van der Waals surface area contributed by atoms with Gasteiger partial charge in [-0.15, -0.1) is 11.3 Å². The van der Waals surface area contributed by atoms with Crippen molar-refractivity contribution in [3.8, 4) is 11.1 Å². The predicted octanol–water partition coefficient (Wildman–Crippen LogP) is 3.84. The standard InChI is InChI=1S/C20H23N5OS/c1-14(26)23-20-21-11-19(27-20)18-4-3-9-25(18)12-15-5-7-16(8-6-15)17-10-22-24(2)13-17/h5-8,10-11,13,18H,3-4,9,12H2,1-2H3,(H,21,23,26)/t18-/m1/s1. The van der Waals surface area contributed by atoms with Gasteiger partial charge in [-0.1, -0.05) is 24.3 Å². The molecular weight excluding hydrogens is 358 g/mol. The number of benzene rings is 1. The van der Waals surface area contributed by atoms with Gasteiger partial charge in [0.1, 0.15) is 0 Å². The van der Waals surface area contributed by atoms with E-state index in [1.54, 1.807) is 11.3 Å². The van der Waals surface area contributed by atoms with Crippen molar-refractivity contribution in [2.75, 3.05) is 11.9 Å². The Bertz CT molecular complexity index is 930. The molecule has 27 heavy (non-hydrogen) atoms. The van der Waals surface area contributed by atoms with Gasteiger partial charge in [0.15, 0.2) is 5.13 Å². The molecule has 7 heteroatoms. The summed E-state index contributed by atoms with van der Waals surface area (Å²) in [7, 11) is 1.93. The molecule has 3 aromatic rings. The summed E-state index contributed by atoms with van der Waals surface area (Å²) in [6, 6.07) is 9.11. The third-order valence-electron chi connectivity index (χ3n) is 4.88. The average Bonchev–Trinajstić information content (AvgIpc) is 3.36. The van der Waals surface area contributed by atoms with Crippen molar-refractivity contribution in [3.63, 3.8) is 0 Å². The molecule has 1 N–H and O–H groups in total. The highest BCUT2D eigenvalue weighted by atomic mass is 32.1. The van der Waals surface area contributed by atoms with Crippen LogP contribution in [0.15, 0.2) is 42.9 Å². The smallest absolute Gasteiger partial charge is 0.223 e. The summed E-state index contributed by atoms with van der Waals surface area (Å²) < 4.78 is 1.82. The number of nitrogens with zero attached hydrogens (tertiary/aromatic N) is 4. The van der Waals surface area contributed by atoms with E-state index in [1.165, 1.54) is 29.3 Å². The van der Waals surface area contributed by atoms with Crippen LogP contribution in [0.5, 0.6) is 0 Å². The summed E-state index contributed by atoms with van der Waals surface area (Å²) >= 11 is 1.58. The number of thiazole rings is 1. The zero-order valence-electron chi connectivity index (χ0n) is 15.6. The van der Waals surface area contributed by atoms with E-state index in [0.29, 0.717) is 11.2 Å². The molecule has 1 fully saturated rings. The van der Waals surface area contributed by atoms with Crippen LogP contribution >= 0.6 is 11.3 Å². The van der Waals surface area contributed by atoms with Crippen LogP contribution in [0.3, 0.4) is 0 Å². The number of aromatic nitrogens is 3. The van der Waals surface area contributed by atoms with Crippen LogP contribution in [0.2, 0.25) is 0 Å². The largest absolute Gasteiger partial charge is 0.302 e. The minimum Gasteiger partial charge on any atom is -0.302 e. The lowest BCUT2D eigenvalue weighted by Crippen LogP contribution is -2.22. The highest BCUT2D eigenvalue weighted by Gasteiger charge is 2.27. The van der Waals surface area contributed by atoms with Crippen molar-refractivity contribution in [3.05, 3.63) is 53.3 Å². The molecule has 1 aliphatic heterocycles. The molecule has 0 aliphatic carbocycles. The van der Waals surface area contributed by atoms with Gasteiger partial charge in [-0.2, -0.15) is 5.10 Å². The number of rotatable bonds is 5. The van der Waals surface area contributed by atoms with Crippen molar-refractivity contribution in [2.45, 2.75) is 32.4 Å². The third kappa shape index (κ3) is 4.09. The average molecular weight is 382 g/mol. The maximum absolute atomic E-state index is 11.2. The minimum atomic E-state index is -0.0760. The second-order valence-corrected chi connectivity index (χ2v) is 8.04. The van der Waals surface area contributed by atoms with E-state index in [1.807, 2.05) is 30.3 Å². The van der Waals surface area contributed by atoms with Crippen LogP contribution in [-0.4, -0.2) is 32.1 Å². The van der Waals surface area contributed by atoms with E-state index < -0.39 is 0 Å². The molecule has 1 atom stereocenters. The van der Waals surface area contributed by atoms with E-state index >= 15 is 0 Å². The molecule has 1 aromatic carbocycles. The maximum Gasteiger partial charge on any atom is 0.223 e. The van der Waals surface area contributed by atoms with Crippen LogP contribution in [-0.2, 0) is 18.4 Å². The first-order valence-corrected chi connectivity index (χ1v) is 9.95. The minimum absolute atomic E-state index is 0.0760. The molecule has 1 saturated heterocycles. The number of aryl methyl sites for hydroxylation is 1. The Balaban J connectivity index is 1.45. The van der Waals surface area contributed by atoms with E-state index in [-0.39, 0.29) is 5.91 Å². The van der Waals surface area contributed by atoms with Gasteiger partial charge in [0.25, 0.3) is 0 Å². The molecule has 140 valence electrons. The van der Waals surface area contributed by atoms with Gasteiger partial charge in [-0.05, 0) is 30.5 Å². The zero-order chi connectivity index (χ0) is 18.8. The van der Waals surface area contributed by atoms with Crippen molar-refractivity contribution >= 4 is 22.4 Å². The van der Waals surface area contributed by atoms with E-state index in [4.69, 9.17) is 0 Å². The first kappa shape index (κ1) is 17.9. The molecule has 0 radical (unpaired) electrons. The fourth-order valence-corrected chi connectivity index (χ4v) is 4.63. The highest BCUT2D eigenvalue weighted by molar-refractivity contribution is 7.15. The molecule has 0 bridgehead atoms. The lowest BCUT2D eigenvalue weighted by Gasteiger charge is -2.23. The molecule has 6 nitrogen and oxygen atoms in total. The maximum atomic E-state index is 11.2. The Kier molecular flexibility index (Phi) is 5.05. The second kappa shape index (κ2) is 7.62. The highest BCUT2D eigenvalue weighted by Crippen LogP contribution is 2.37. The quantitative estimate of drug-likeness (QED) is 0.729. The molecule has 3 heterocycles. The predicted molar refractivity (Wildman–Crippen MR) is 107 cm³/mol. The fraction of sp³-hybridized carbons (Fsp3) is 0.350. The molecule has 4 rings (SSSR count). The lowest BCUT2D eigenvalue weighted by atomic mass is 10.1. The summed E-state index contributed by atoms with van der Waals surface area (Å²) in [6.45, 7) is 3.52. The summed E-state index contributed by atoms with van der Waals surface area (Å²) in [6.07, 6.45) is 8.15. The number of hydrogen-bond donors (Lipinski definition) is 1. The summed E-state index contributed by atoms with van der Waals surface area (Å²) in [5.74, 6) is -0.0760. The van der Waals surface area contributed by atoms with Crippen molar-refractivity contribution < 1.29 is 4.79 Å². The number of carbonyl (C=O) groups excluding carboxylic acids is 1. The Morgan fingerprint density at radius 2 is 2.07 bits per heavy atom. The van der Waals surface area contributed by atoms with Crippen molar-refractivity contribution in [2.24, 2.45) is 7.05 Å². The molecule has 2 aromatic heterocycles. The Hall–Kier alpha value is -2.51. The summed E-state index contributed by atoms with van der Waals surface area (Å²) in [5.41, 5.74) is 3.63. The monoisotopic (exact) mass is 381 g/mol. The van der Waals surface area contributed by atoms with Gasteiger partial charge < -0.3 is 5.32 Å². The first-order valence-electron chi connectivity index (χ1n) is 9.14.